The lowest BCUT2D eigenvalue weighted by Gasteiger charge is -2.35. The minimum atomic E-state index is -5.40. The minimum Gasteiger partial charge on any atom is -0.463 e. The highest BCUT2D eigenvalue weighted by Gasteiger charge is 2.63. The molecule has 1 amide bonds. The number of hydrogen-bond acceptors (Lipinski definition) is 5. The molecule has 0 radical (unpaired) electrons. The van der Waals surface area contributed by atoms with Gasteiger partial charge >= 0.3 is 24.2 Å². The maximum atomic E-state index is 14.1. The van der Waals surface area contributed by atoms with Gasteiger partial charge in [-0.15, -0.1) is 13.2 Å². The number of esters is 1. The van der Waals surface area contributed by atoms with Crippen LogP contribution in [0.4, 0.5) is 32.0 Å². The van der Waals surface area contributed by atoms with Gasteiger partial charge in [0.25, 0.3) is 5.91 Å². The van der Waals surface area contributed by atoms with Crippen molar-refractivity contribution in [3.05, 3.63) is 60.2 Å². The van der Waals surface area contributed by atoms with Gasteiger partial charge in [-0.1, -0.05) is 18.2 Å². The van der Waals surface area contributed by atoms with Gasteiger partial charge in [-0.3, -0.25) is 4.79 Å². The number of nitrogens with one attached hydrogen (secondary N) is 2. The average Bonchev–Trinajstić information content (AvgIpc) is 2.67. The van der Waals surface area contributed by atoms with Gasteiger partial charge in [0.05, 0.1) is 6.61 Å². The first kappa shape index (κ1) is 23.8. The number of carbonyl (C=O) groups is 2. The molecule has 2 aromatic rings. The molecule has 0 aliphatic heterocycles. The summed E-state index contributed by atoms with van der Waals surface area (Å²) in [5, 5.41) is 3.45. The maximum Gasteiger partial charge on any atom is 0.573 e. The molecule has 0 bridgehead atoms. The summed E-state index contributed by atoms with van der Waals surface area (Å²) >= 11 is 0. The summed E-state index contributed by atoms with van der Waals surface area (Å²) in [6, 6.07) is 9.90. The molecule has 12 heteroatoms. The first-order chi connectivity index (χ1) is 14.4. The fourth-order valence-electron chi connectivity index (χ4n) is 2.42. The number of rotatable bonds is 7. The van der Waals surface area contributed by atoms with Crippen LogP contribution in [-0.4, -0.2) is 36.7 Å². The predicted octanol–water partition coefficient (Wildman–Crippen LogP) is 4.25. The summed E-state index contributed by atoms with van der Waals surface area (Å²) in [7, 11) is 0. The van der Waals surface area contributed by atoms with E-state index in [1.807, 2.05) is 5.32 Å². The van der Waals surface area contributed by atoms with Crippen molar-refractivity contribution in [2.75, 3.05) is 11.9 Å². The normalized spacial score (nSPS) is 13.6. The second-order valence-electron chi connectivity index (χ2n) is 5.99. The van der Waals surface area contributed by atoms with Crippen LogP contribution in [-0.2, 0) is 9.53 Å². The Morgan fingerprint density at radius 1 is 0.903 bits per heavy atom. The summed E-state index contributed by atoms with van der Waals surface area (Å²) in [4.78, 5) is 24.8. The van der Waals surface area contributed by atoms with Crippen LogP contribution >= 0.6 is 0 Å². The van der Waals surface area contributed by atoms with Crippen LogP contribution in [0.15, 0.2) is 54.6 Å². The third-order valence-electron chi connectivity index (χ3n) is 3.76. The molecule has 0 spiro atoms. The largest absolute Gasteiger partial charge is 0.573 e. The predicted molar refractivity (Wildman–Crippen MR) is 96.1 cm³/mol. The average molecular weight is 450 g/mol. The first-order valence-corrected chi connectivity index (χ1v) is 8.63. The standard InChI is InChI=1S/C19H16F6N2O4/c1-2-30-16(29)17(18(20,21)22,27-15(28)12-6-4-3-5-7-12)26-13-8-10-14(11-9-13)31-19(23,24)25/h3-11,26H,2H2,1H3,(H,27,28)/t17-/m0/s1. The second kappa shape index (κ2) is 9.14. The molecule has 0 saturated heterocycles. The Morgan fingerprint density at radius 3 is 1.97 bits per heavy atom. The van der Waals surface area contributed by atoms with Gasteiger partial charge in [0.2, 0.25) is 0 Å². The highest BCUT2D eigenvalue weighted by Crippen LogP contribution is 2.34. The molecule has 2 aromatic carbocycles. The summed E-state index contributed by atoms with van der Waals surface area (Å²) < 4.78 is 87.2. The van der Waals surface area contributed by atoms with E-state index < -0.39 is 48.1 Å². The van der Waals surface area contributed by atoms with Gasteiger partial charge in [0.1, 0.15) is 5.75 Å². The molecule has 0 aromatic heterocycles. The van der Waals surface area contributed by atoms with Crippen molar-refractivity contribution in [2.24, 2.45) is 0 Å². The Balaban J connectivity index is 2.43. The number of ether oxygens (including phenoxy) is 2. The van der Waals surface area contributed by atoms with Crippen LogP contribution < -0.4 is 15.4 Å². The lowest BCUT2D eigenvalue weighted by atomic mass is 10.1. The molecule has 2 N–H and O–H groups in total. The van der Waals surface area contributed by atoms with Crippen LogP contribution in [0.2, 0.25) is 0 Å². The van der Waals surface area contributed by atoms with Crippen molar-refractivity contribution in [3.63, 3.8) is 0 Å². The zero-order chi connectivity index (χ0) is 23.3. The molecule has 168 valence electrons. The number of halogens is 6. The molecule has 0 heterocycles. The van der Waals surface area contributed by atoms with E-state index in [4.69, 9.17) is 0 Å². The number of amides is 1. The van der Waals surface area contributed by atoms with E-state index in [0.29, 0.717) is 0 Å². The number of alkyl halides is 6. The van der Waals surface area contributed by atoms with Gasteiger partial charge < -0.3 is 20.1 Å². The van der Waals surface area contributed by atoms with Crippen molar-refractivity contribution < 1.29 is 45.4 Å². The molecule has 6 nitrogen and oxygen atoms in total. The first-order valence-electron chi connectivity index (χ1n) is 8.63. The fourth-order valence-corrected chi connectivity index (χ4v) is 2.42. The maximum absolute atomic E-state index is 14.1. The second-order valence-corrected chi connectivity index (χ2v) is 5.99. The van der Waals surface area contributed by atoms with Crippen molar-refractivity contribution in [3.8, 4) is 5.75 Å². The highest BCUT2D eigenvalue weighted by molar-refractivity contribution is 5.99. The molecule has 0 aliphatic carbocycles. The number of carbonyl (C=O) groups excluding carboxylic acids is 2. The van der Waals surface area contributed by atoms with Crippen molar-refractivity contribution in [2.45, 2.75) is 25.1 Å². The van der Waals surface area contributed by atoms with Gasteiger partial charge in [-0.2, -0.15) is 13.2 Å². The molecular weight excluding hydrogens is 434 g/mol. The van der Waals surface area contributed by atoms with E-state index in [0.717, 1.165) is 24.3 Å². The zero-order valence-corrected chi connectivity index (χ0v) is 15.8. The van der Waals surface area contributed by atoms with E-state index in [1.165, 1.54) is 37.3 Å². The zero-order valence-electron chi connectivity index (χ0n) is 15.8. The summed E-state index contributed by atoms with van der Waals surface area (Å²) in [6.45, 7) is 0.833. The molecule has 0 saturated carbocycles. The van der Waals surface area contributed by atoms with Crippen molar-refractivity contribution >= 4 is 17.6 Å². The Morgan fingerprint density at radius 2 is 1.48 bits per heavy atom. The SMILES string of the molecule is CCOC(=O)[C@@](NC(=O)c1ccccc1)(Nc1ccc(OC(F)(F)F)cc1)C(F)(F)F. The lowest BCUT2D eigenvalue weighted by molar-refractivity contribution is -0.274. The molecule has 0 unspecified atom stereocenters. The monoisotopic (exact) mass is 450 g/mol. The van der Waals surface area contributed by atoms with Gasteiger partial charge in [0.15, 0.2) is 0 Å². The Hall–Kier alpha value is -3.44. The molecule has 31 heavy (non-hydrogen) atoms. The van der Waals surface area contributed by atoms with E-state index in [2.05, 4.69) is 9.47 Å². The summed E-state index contributed by atoms with van der Waals surface area (Å²) in [5.74, 6) is -3.79. The van der Waals surface area contributed by atoms with Crippen molar-refractivity contribution in [1.82, 2.24) is 5.32 Å². The quantitative estimate of drug-likeness (QED) is 0.375. The Kier molecular flexibility index (Phi) is 7.03. The third kappa shape index (κ3) is 6.03. The number of anilines is 1. The molecule has 0 fully saturated rings. The van der Waals surface area contributed by atoms with E-state index in [9.17, 15) is 35.9 Å². The number of benzene rings is 2. The Labute approximate surface area is 172 Å². The molecule has 1 atom stereocenters. The van der Waals surface area contributed by atoms with Crippen LogP contribution in [0.5, 0.6) is 5.75 Å². The molecular formula is C19H16F6N2O4. The Bertz CT molecular complexity index is 900. The third-order valence-corrected chi connectivity index (χ3v) is 3.76. The van der Waals surface area contributed by atoms with E-state index in [1.54, 1.807) is 5.32 Å². The van der Waals surface area contributed by atoms with E-state index >= 15 is 0 Å². The van der Waals surface area contributed by atoms with Gasteiger partial charge in [0, 0.05) is 11.3 Å². The smallest absolute Gasteiger partial charge is 0.463 e. The van der Waals surface area contributed by atoms with Crippen molar-refractivity contribution in [1.29, 1.82) is 0 Å². The summed E-state index contributed by atoms with van der Waals surface area (Å²) in [6.07, 6.45) is -10.4. The topological polar surface area (TPSA) is 76.7 Å². The van der Waals surface area contributed by atoms with E-state index in [-0.39, 0.29) is 5.56 Å². The fraction of sp³-hybridized carbons (Fsp3) is 0.263. The van der Waals surface area contributed by atoms with Crippen LogP contribution in [0, 0.1) is 0 Å². The number of hydrogen-bond donors (Lipinski definition) is 2. The molecule has 0 aliphatic rings. The van der Waals surface area contributed by atoms with Crippen LogP contribution in [0.3, 0.4) is 0 Å². The minimum absolute atomic E-state index is 0.170. The van der Waals surface area contributed by atoms with Crippen LogP contribution in [0.1, 0.15) is 17.3 Å². The van der Waals surface area contributed by atoms with Gasteiger partial charge in [-0.05, 0) is 43.3 Å². The lowest BCUT2D eigenvalue weighted by Crippen LogP contribution is -2.69. The highest BCUT2D eigenvalue weighted by atomic mass is 19.4. The molecule has 2 rings (SSSR count). The van der Waals surface area contributed by atoms with Crippen LogP contribution in [0.25, 0.3) is 0 Å². The van der Waals surface area contributed by atoms with Gasteiger partial charge in [-0.25, -0.2) is 4.79 Å². The summed E-state index contributed by atoms with van der Waals surface area (Å²) in [5.41, 5.74) is -4.33.